The van der Waals surface area contributed by atoms with Crippen LogP contribution in [0.25, 0.3) is 0 Å². The van der Waals surface area contributed by atoms with Gasteiger partial charge in [0.2, 0.25) is 0 Å². The highest BCUT2D eigenvalue weighted by Crippen LogP contribution is 2.40. The predicted molar refractivity (Wildman–Crippen MR) is 193 cm³/mol. The zero-order valence-electron chi connectivity index (χ0n) is 27.6. The van der Waals surface area contributed by atoms with Crippen molar-refractivity contribution in [3.63, 3.8) is 0 Å². The van der Waals surface area contributed by atoms with Gasteiger partial charge in [-0.3, -0.25) is 0 Å². The fraction of sp³-hybridized carbons (Fsp3) is 0.262. The van der Waals surface area contributed by atoms with Crippen LogP contribution in [0.2, 0.25) is 0 Å². The van der Waals surface area contributed by atoms with Crippen LogP contribution in [0.1, 0.15) is 39.5 Å². The van der Waals surface area contributed by atoms with Gasteiger partial charge in [0.15, 0.2) is 17.8 Å². The summed E-state index contributed by atoms with van der Waals surface area (Å²) < 4.78 is 39.2. The van der Waals surface area contributed by atoms with Crippen molar-refractivity contribution in [1.29, 1.82) is 0 Å². The summed E-state index contributed by atoms with van der Waals surface area (Å²) in [4.78, 5) is 12.8. The van der Waals surface area contributed by atoms with Gasteiger partial charge in [0.1, 0.15) is 43.7 Å². The van der Waals surface area contributed by atoms with Crippen molar-refractivity contribution < 1.29 is 33.2 Å². The zero-order valence-corrected chi connectivity index (χ0v) is 29.2. The topological polar surface area (TPSA) is 72.5 Å². The molecule has 8 heteroatoms. The van der Waals surface area contributed by atoms with Crippen molar-refractivity contribution in [3.8, 4) is 11.5 Å². The van der Waals surface area contributed by atoms with Crippen LogP contribution < -0.4 is 9.47 Å². The van der Waals surface area contributed by atoms with E-state index >= 15 is 0 Å². The molecule has 1 fully saturated rings. The minimum atomic E-state index is -0.897. The number of rotatable bonds is 13. The second-order valence-electron chi connectivity index (χ2n) is 12.4. The van der Waals surface area contributed by atoms with Crippen molar-refractivity contribution in [2.45, 2.75) is 56.8 Å². The molecule has 0 radical (unpaired) electrons. The molecule has 50 heavy (non-hydrogen) atoms. The van der Waals surface area contributed by atoms with Gasteiger partial charge in [0, 0.05) is 4.47 Å². The molecule has 256 valence electrons. The lowest BCUT2D eigenvalue weighted by Crippen LogP contribution is -2.57. The number of aldehydes is 1. The molecule has 0 bridgehead atoms. The first kappa shape index (κ1) is 34.2. The molecular formula is C42H39BrO7. The standard InChI is InChI=1S/C42H39BrO7/c43-35-18-17-33(24-34(35)22-32-16-19-36-37(23-32)46-21-20-45-36)39-41(48-27-30-12-6-2-7-13-30)42(49-28-31-14-8-3-9-15-31)40(38(25-44)50-39)47-26-29-10-4-1-5-11-29/h1-19,23-25,38-42H,20-22,26-28H2/t38-,39+,40-,41+,42+/m1/s1. The fourth-order valence-corrected chi connectivity index (χ4v) is 6.82. The van der Waals surface area contributed by atoms with Crippen molar-refractivity contribution in [1.82, 2.24) is 0 Å². The summed E-state index contributed by atoms with van der Waals surface area (Å²) >= 11 is 3.77. The van der Waals surface area contributed by atoms with Crippen LogP contribution in [0.5, 0.6) is 11.5 Å². The Morgan fingerprint density at radius 1 is 0.600 bits per heavy atom. The number of hydrogen-bond acceptors (Lipinski definition) is 7. The van der Waals surface area contributed by atoms with Gasteiger partial charge in [-0.15, -0.1) is 0 Å². The first-order valence-electron chi connectivity index (χ1n) is 16.9. The third kappa shape index (κ3) is 8.34. The number of carbonyl (C=O) groups excluding carboxylic acids is 1. The summed E-state index contributed by atoms with van der Waals surface area (Å²) in [7, 11) is 0. The van der Waals surface area contributed by atoms with Gasteiger partial charge in [-0.05, 0) is 58.0 Å². The summed E-state index contributed by atoms with van der Waals surface area (Å²) in [5.41, 5.74) is 6.02. The third-order valence-corrected chi connectivity index (χ3v) is 9.74. The van der Waals surface area contributed by atoms with Gasteiger partial charge in [-0.25, -0.2) is 0 Å². The van der Waals surface area contributed by atoms with Crippen LogP contribution in [0.15, 0.2) is 132 Å². The molecule has 0 N–H and O–H groups in total. The molecule has 2 heterocycles. The smallest absolute Gasteiger partial charge is 0.161 e. The molecule has 7 rings (SSSR count). The van der Waals surface area contributed by atoms with Crippen molar-refractivity contribution >= 4 is 22.2 Å². The van der Waals surface area contributed by atoms with Gasteiger partial charge in [-0.2, -0.15) is 0 Å². The number of ether oxygens (including phenoxy) is 6. The molecule has 5 aromatic carbocycles. The Labute approximate surface area is 301 Å². The minimum Gasteiger partial charge on any atom is -0.486 e. The predicted octanol–water partition coefficient (Wildman–Crippen LogP) is 8.21. The highest BCUT2D eigenvalue weighted by Gasteiger charge is 2.49. The molecule has 2 aliphatic rings. The second kappa shape index (κ2) is 16.6. The summed E-state index contributed by atoms with van der Waals surface area (Å²) in [6.07, 6.45) is -2.03. The molecule has 2 aliphatic heterocycles. The summed E-state index contributed by atoms with van der Waals surface area (Å²) in [5.74, 6) is 1.51. The Balaban J connectivity index is 1.23. The van der Waals surface area contributed by atoms with E-state index in [9.17, 15) is 4.79 Å². The van der Waals surface area contributed by atoms with Gasteiger partial charge in [-0.1, -0.05) is 125 Å². The Morgan fingerprint density at radius 2 is 1.16 bits per heavy atom. The van der Waals surface area contributed by atoms with E-state index in [0.717, 1.165) is 55.6 Å². The number of fused-ring (bicyclic) bond motifs is 1. The third-order valence-electron chi connectivity index (χ3n) is 8.96. The van der Waals surface area contributed by atoms with Crippen LogP contribution >= 0.6 is 15.9 Å². The zero-order chi connectivity index (χ0) is 34.1. The van der Waals surface area contributed by atoms with Crippen LogP contribution in [-0.4, -0.2) is 43.9 Å². The Morgan fingerprint density at radius 3 is 1.76 bits per heavy atom. The first-order chi connectivity index (χ1) is 24.6. The molecule has 0 saturated carbocycles. The maximum atomic E-state index is 12.8. The number of halogens is 1. The average molecular weight is 736 g/mol. The van der Waals surface area contributed by atoms with E-state index in [4.69, 9.17) is 28.4 Å². The molecule has 5 atom stereocenters. The summed E-state index contributed by atoms with van der Waals surface area (Å²) in [5, 5.41) is 0. The number of hydrogen-bond donors (Lipinski definition) is 0. The summed E-state index contributed by atoms with van der Waals surface area (Å²) in [6, 6.07) is 42.1. The van der Waals surface area contributed by atoms with Crippen molar-refractivity contribution in [3.05, 3.63) is 165 Å². The molecule has 0 aliphatic carbocycles. The van der Waals surface area contributed by atoms with Gasteiger partial charge in [0.25, 0.3) is 0 Å². The lowest BCUT2D eigenvalue weighted by Gasteiger charge is -2.45. The van der Waals surface area contributed by atoms with Crippen LogP contribution in [0.4, 0.5) is 0 Å². The molecule has 0 aromatic heterocycles. The van der Waals surface area contributed by atoms with E-state index in [1.807, 2.05) is 115 Å². The number of benzene rings is 5. The lowest BCUT2D eigenvalue weighted by molar-refractivity contribution is -0.259. The average Bonchev–Trinajstić information content (AvgIpc) is 3.17. The summed E-state index contributed by atoms with van der Waals surface area (Å²) in [6.45, 7) is 2.01. The highest BCUT2D eigenvalue weighted by atomic mass is 79.9. The Bertz CT molecular complexity index is 1840. The Kier molecular flexibility index (Phi) is 11.3. The molecule has 7 nitrogen and oxygen atoms in total. The number of carbonyl (C=O) groups is 1. The van der Waals surface area contributed by atoms with E-state index in [1.54, 1.807) is 0 Å². The SMILES string of the molecule is O=C[C@H]1O[C@@H](c2ccc(Br)c(Cc3ccc4c(c3)OCCO4)c2)[C@H](OCc2ccccc2)[C@@H](OCc2ccccc2)[C@@H]1OCc1ccccc1. The normalized spacial score (nSPS) is 21.4. The largest absolute Gasteiger partial charge is 0.486 e. The van der Waals surface area contributed by atoms with E-state index < -0.39 is 30.5 Å². The van der Waals surface area contributed by atoms with E-state index in [2.05, 4.69) is 28.1 Å². The van der Waals surface area contributed by atoms with E-state index in [0.29, 0.717) is 39.5 Å². The lowest BCUT2D eigenvalue weighted by atomic mass is 9.89. The van der Waals surface area contributed by atoms with Crippen molar-refractivity contribution in [2.75, 3.05) is 13.2 Å². The van der Waals surface area contributed by atoms with Crippen LogP contribution in [0, 0.1) is 0 Å². The van der Waals surface area contributed by atoms with Gasteiger partial charge >= 0.3 is 0 Å². The Hall–Kier alpha value is -4.31. The highest BCUT2D eigenvalue weighted by molar-refractivity contribution is 9.10. The van der Waals surface area contributed by atoms with Gasteiger partial charge in [0.05, 0.1) is 19.8 Å². The monoisotopic (exact) mass is 734 g/mol. The first-order valence-corrected chi connectivity index (χ1v) is 17.7. The molecule has 1 saturated heterocycles. The molecule has 0 unspecified atom stereocenters. The minimum absolute atomic E-state index is 0.290. The maximum absolute atomic E-state index is 12.8. The molecule has 5 aromatic rings. The second-order valence-corrected chi connectivity index (χ2v) is 13.3. The van der Waals surface area contributed by atoms with Crippen LogP contribution in [-0.2, 0) is 50.0 Å². The van der Waals surface area contributed by atoms with Crippen molar-refractivity contribution in [2.24, 2.45) is 0 Å². The quantitative estimate of drug-likeness (QED) is 0.113. The molecule has 0 amide bonds. The molecular weight excluding hydrogens is 696 g/mol. The van der Waals surface area contributed by atoms with Gasteiger partial charge < -0.3 is 33.2 Å². The fourth-order valence-electron chi connectivity index (χ4n) is 6.43. The molecule has 0 spiro atoms. The maximum Gasteiger partial charge on any atom is 0.161 e. The van der Waals surface area contributed by atoms with E-state index in [1.165, 1.54) is 0 Å². The van der Waals surface area contributed by atoms with Crippen LogP contribution in [0.3, 0.4) is 0 Å². The van der Waals surface area contributed by atoms with E-state index in [-0.39, 0.29) is 0 Å².